The van der Waals surface area contributed by atoms with Gasteiger partial charge in [0, 0.05) is 19.6 Å². The van der Waals surface area contributed by atoms with Crippen LogP contribution in [0.4, 0.5) is 0 Å². The van der Waals surface area contributed by atoms with Crippen LogP contribution in [0.1, 0.15) is 16.8 Å². The summed E-state index contributed by atoms with van der Waals surface area (Å²) in [6.07, 6.45) is 0.984. The molecule has 0 radical (unpaired) electrons. The molecular formula is C16H21N3O2. The van der Waals surface area contributed by atoms with Gasteiger partial charge >= 0.3 is 0 Å². The predicted octanol–water partition coefficient (Wildman–Crippen LogP) is 1.83. The highest BCUT2D eigenvalue weighted by Gasteiger charge is 2.21. The second-order valence-corrected chi connectivity index (χ2v) is 5.40. The highest BCUT2D eigenvalue weighted by atomic mass is 16.5. The van der Waals surface area contributed by atoms with E-state index in [4.69, 9.17) is 9.47 Å². The van der Waals surface area contributed by atoms with Gasteiger partial charge in [-0.1, -0.05) is 18.2 Å². The maximum absolute atomic E-state index is 5.80. The van der Waals surface area contributed by atoms with Gasteiger partial charge in [-0.25, -0.2) is 4.68 Å². The number of aromatic nitrogens is 2. The third-order valence-corrected chi connectivity index (χ3v) is 3.93. The molecule has 5 nitrogen and oxygen atoms in total. The second-order valence-electron chi connectivity index (χ2n) is 5.40. The van der Waals surface area contributed by atoms with Gasteiger partial charge in [-0.05, 0) is 25.0 Å². The number of hydrogen-bond donors (Lipinski definition) is 1. The molecule has 112 valence electrons. The molecule has 5 heteroatoms. The Hall–Kier alpha value is -2.01. The van der Waals surface area contributed by atoms with Gasteiger partial charge in [-0.3, -0.25) is 0 Å². The summed E-state index contributed by atoms with van der Waals surface area (Å²) >= 11 is 0. The van der Waals surface area contributed by atoms with Gasteiger partial charge in [0.05, 0.1) is 18.4 Å². The van der Waals surface area contributed by atoms with E-state index in [-0.39, 0.29) is 0 Å². The van der Waals surface area contributed by atoms with Crippen LogP contribution >= 0.6 is 0 Å². The molecule has 1 aliphatic rings. The average Bonchev–Trinajstić information content (AvgIpc) is 2.78. The molecule has 2 heterocycles. The minimum absolute atomic E-state index is 0.309. The highest BCUT2D eigenvalue weighted by molar-refractivity contribution is 5.36. The molecule has 0 saturated heterocycles. The van der Waals surface area contributed by atoms with Crippen molar-refractivity contribution >= 4 is 0 Å². The molecular weight excluding hydrogens is 266 g/mol. The van der Waals surface area contributed by atoms with Crippen molar-refractivity contribution in [2.45, 2.75) is 25.9 Å². The van der Waals surface area contributed by atoms with E-state index >= 15 is 0 Å². The van der Waals surface area contributed by atoms with E-state index < -0.39 is 0 Å². The van der Waals surface area contributed by atoms with Gasteiger partial charge in [0.25, 0.3) is 0 Å². The number of ether oxygens (including phenoxy) is 2. The Labute approximate surface area is 124 Å². The van der Waals surface area contributed by atoms with E-state index in [1.54, 1.807) is 11.8 Å². The lowest BCUT2D eigenvalue weighted by atomic mass is 10.0. The lowest BCUT2D eigenvalue weighted by Gasteiger charge is -2.26. The number of hydrogen-bond acceptors (Lipinski definition) is 4. The normalized spacial score (nSPS) is 17.2. The van der Waals surface area contributed by atoms with Crippen LogP contribution in [-0.2, 0) is 20.0 Å². The third-order valence-electron chi connectivity index (χ3n) is 3.93. The van der Waals surface area contributed by atoms with Crippen LogP contribution in [0.2, 0.25) is 0 Å². The minimum atomic E-state index is 0.309. The number of aryl methyl sites for hydroxylation is 2. The molecule has 1 aromatic carbocycles. The van der Waals surface area contributed by atoms with Gasteiger partial charge in [0.2, 0.25) is 5.88 Å². The van der Waals surface area contributed by atoms with Gasteiger partial charge in [0.1, 0.15) is 12.4 Å². The maximum atomic E-state index is 5.80. The zero-order valence-electron chi connectivity index (χ0n) is 12.7. The molecule has 1 N–H and O–H groups in total. The van der Waals surface area contributed by atoms with E-state index in [0.29, 0.717) is 12.6 Å². The summed E-state index contributed by atoms with van der Waals surface area (Å²) in [6.45, 7) is 3.43. The molecule has 3 rings (SSSR count). The van der Waals surface area contributed by atoms with Crippen molar-refractivity contribution in [1.82, 2.24) is 15.1 Å². The fourth-order valence-corrected chi connectivity index (χ4v) is 2.85. The molecule has 0 unspecified atom stereocenters. The summed E-state index contributed by atoms with van der Waals surface area (Å²) in [7, 11) is 3.58. The molecule has 0 spiro atoms. The van der Waals surface area contributed by atoms with Crippen molar-refractivity contribution in [3.63, 3.8) is 0 Å². The first-order valence-corrected chi connectivity index (χ1v) is 7.19. The van der Waals surface area contributed by atoms with Gasteiger partial charge in [0.15, 0.2) is 0 Å². The van der Waals surface area contributed by atoms with Gasteiger partial charge in [-0.2, -0.15) is 5.10 Å². The summed E-state index contributed by atoms with van der Waals surface area (Å²) in [6, 6.07) is 8.53. The van der Waals surface area contributed by atoms with Crippen molar-refractivity contribution in [1.29, 1.82) is 0 Å². The van der Waals surface area contributed by atoms with E-state index in [9.17, 15) is 0 Å². The highest BCUT2D eigenvalue weighted by Crippen LogP contribution is 2.25. The van der Waals surface area contributed by atoms with Gasteiger partial charge < -0.3 is 14.8 Å². The Morgan fingerprint density at radius 3 is 3.05 bits per heavy atom. The standard InChI is InChI=1S/C16H21N3O2/c1-11-14(16(20-3)19(2)18-11)9-17-13-8-12-6-4-5-7-15(12)21-10-13/h4-7,13,17H,8-10H2,1-3H3/t13-/m1/s1. The van der Waals surface area contributed by atoms with E-state index in [2.05, 4.69) is 22.5 Å². The molecule has 21 heavy (non-hydrogen) atoms. The van der Waals surface area contributed by atoms with Crippen LogP contribution < -0.4 is 14.8 Å². The van der Waals surface area contributed by atoms with Crippen molar-refractivity contribution < 1.29 is 9.47 Å². The summed E-state index contributed by atoms with van der Waals surface area (Å²) < 4.78 is 13.0. The Morgan fingerprint density at radius 1 is 1.43 bits per heavy atom. The number of nitrogens with zero attached hydrogens (tertiary/aromatic N) is 2. The molecule has 0 fully saturated rings. The fourth-order valence-electron chi connectivity index (χ4n) is 2.85. The molecule has 1 aromatic heterocycles. The van der Waals surface area contributed by atoms with Crippen LogP contribution in [0, 0.1) is 6.92 Å². The smallest absolute Gasteiger partial charge is 0.216 e. The van der Waals surface area contributed by atoms with E-state index in [0.717, 1.165) is 35.9 Å². The Balaban J connectivity index is 1.67. The molecule has 0 bridgehead atoms. The maximum Gasteiger partial charge on any atom is 0.216 e. The Bertz CT molecular complexity index is 636. The first kappa shape index (κ1) is 13.9. The number of methoxy groups -OCH3 is 1. The first-order valence-electron chi connectivity index (χ1n) is 7.19. The Morgan fingerprint density at radius 2 is 2.24 bits per heavy atom. The summed E-state index contributed by atoms with van der Waals surface area (Å²) in [5, 5.41) is 7.95. The van der Waals surface area contributed by atoms with E-state index in [1.165, 1.54) is 5.56 Å². The van der Waals surface area contributed by atoms with E-state index in [1.807, 2.05) is 26.1 Å². The van der Waals surface area contributed by atoms with Crippen molar-refractivity contribution in [3.05, 3.63) is 41.1 Å². The number of rotatable bonds is 4. The largest absolute Gasteiger partial charge is 0.492 e. The topological polar surface area (TPSA) is 48.3 Å². The van der Waals surface area contributed by atoms with Crippen molar-refractivity contribution in [2.24, 2.45) is 7.05 Å². The van der Waals surface area contributed by atoms with Crippen molar-refractivity contribution in [3.8, 4) is 11.6 Å². The minimum Gasteiger partial charge on any atom is -0.492 e. The van der Waals surface area contributed by atoms with Crippen LogP contribution in [0.15, 0.2) is 24.3 Å². The number of para-hydroxylation sites is 1. The Kier molecular flexibility index (Phi) is 3.84. The molecule has 1 aliphatic heterocycles. The molecule has 2 aromatic rings. The average molecular weight is 287 g/mol. The third kappa shape index (κ3) is 2.74. The molecule has 0 saturated carbocycles. The quantitative estimate of drug-likeness (QED) is 0.932. The van der Waals surface area contributed by atoms with Crippen LogP contribution in [0.25, 0.3) is 0 Å². The van der Waals surface area contributed by atoms with Gasteiger partial charge in [-0.15, -0.1) is 0 Å². The predicted molar refractivity (Wildman–Crippen MR) is 80.8 cm³/mol. The zero-order chi connectivity index (χ0) is 14.8. The molecule has 1 atom stereocenters. The van der Waals surface area contributed by atoms with Crippen LogP contribution in [0.3, 0.4) is 0 Å². The van der Waals surface area contributed by atoms with Crippen LogP contribution in [-0.4, -0.2) is 29.5 Å². The molecule has 0 aliphatic carbocycles. The monoisotopic (exact) mass is 287 g/mol. The summed E-state index contributed by atoms with van der Waals surface area (Å²) in [5.41, 5.74) is 3.37. The fraction of sp³-hybridized carbons (Fsp3) is 0.438. The first-order chi connectivity index (χ1) is 10.2. The molecule has 0 amide bonds. The second kappa shape index (κ2) is 5.77. The number of fused-ring (bicyclic) bond motifs is 1. The number of benzene rings is 1. The lowest BCUT2D eigenvalue weighted by molar-refractivity contribution is 0.237. The SMILES string of the molecule is COc1c(CN[C@H]2COc3ccccc3C2)c(C)nn1C. The summed E-state index contributed by atoms with van der Waals surface area (Å²) in [4.78, 5) is 0. The number of nitrogens with one attached hydrogen (secondary N) is 1. The lowest BCUT2D eigenvalue weighted by Crippen LogP contribution is -2.38. The van der Waals surface area contributed by atoms with Crippen LogP contribution in [0.5, 0.6) is 11.6 Å². The zero-order valence-corrected chi connectivity index (χ0v) is 12.7. The van der Waals surface area contributed by atoms with Crippen molar-refractivity contribution in [2.75, 3.05) is 13.7 Å². The summed E-state index contributed by atoms with van der Waals surface area (Å²) in [5.74, 6) is 1.82.